The minimum Gasteiger partial charge on any atom is -0.424 e. The fourth-order valence-corrected chi connectivity index (χ4v) is 4.03. The predicted octanol–water partition coefficient (Wildman–Crippen LogP) is 4.43. The molecule has 3 rings (SSSR count). The molecule has 0 radical (unpaired) electrons. The first kappa shape index (κ1) is 19.9. The number of nitrogens with zero attached hydrogens (tertiary/aromatic N) is 1. The topological polar surface area (TPSA) is 63.7 Å². The third kappa shape index (κ3) is 4.05. The molecule has 1 unspecified atom stereocenters. The fraction of sp³-hybridized carbons (Fsp3) is 0.211. The molecule has 0 aliphatic carbocycles. The molecule has 8 heteroatoms. The van der Waals surface area contributed by atoms with Gasteiger partial charge in [-0.2, -0.15) is 11.8 Å². The summed E-state index contributed by atoms with van der Waals surface area (Å²) in [5, 5.41) is 0.487. The van der Waals surface area contributed by atoms with Crippen molar-refractivity contribution < 1.29 is 19.1 Å². The monoisotopic (exact) mass is 467 g/mol. The van der Waals surface area contributed by atoms with Gasteiger partial charge < -0.3 is 4.74 Å². The van der Waals surface area contributed by atoms with Crippen molar-refractivity contribution in [2.45, 2.75) is 12.5 Å². The van der Waals surface area contributed by atoms with Crippen LogP contribution in [0.15, 0.2) is 46.9 Å². The molecule has 140 valence electrons. The van der Waals surface area contributed by atoms with Gasteiger partial charge in [-0.25, -0.2) is 4.79 Å². The minimum atomic E-state index is -1.01. The number of hydrogen-bond acceptors (Lipinski definition) is 5. The van der Waals surface area contributed by atoms with E-state index in [0.29, 0.717) is 32.8 Å². The van der Waals surface area contributed by atoms with Crippen LogP contribution in [0.4, 0.5) is 0 Å². The number of fused-ring (bicyclic) bond motifs is 1. The normalized spacial score (nSPS) is 14.3. The number of halogens is 2. The maximum atomic E-state index is 12.9. The summed E-state index contributed by atoms with van der Waals surface area (Å²) in [6, 6.07) is 10.3. The number of esters is 1. The molecule has 2 amide bonds. The lowest BCUT2D eigenvalue weighted by Gasteiger charge is -2.24. The number of carbonyl (C=O) groups is 3. The van der Waals surface area contributed by atoms with Crippen LogP contribution >= 0.6 is 39.3 Å². The molecule has 0 bridgehead atoms. The zero-order chi connectivity index (χ0) is 19.6. The van der Waals surface area contributed by atoms with E-state index in [2.05, 4.69) is 15.9 Å². The van der Waals surface area contributed by atoms with Crippen LogP contribution in [0.3, 0.4) is 0 Å². The van der Waals surface area contributed by atoms with Gasteiger partial charge in [-0.1, -0.05) is 23.7 Å². The Morgan fingerprint density at radius 1 is 1.19 bits per heavy atom. The van der Waals surface area contributed by atoms with Crippen LogP contribution in [0.1, 0.15) is 27.1 Å². The number of imide groups is 1. The van der Waals surface area contributed by atoms with Gasteiger partial charge >= 0.3 is 5.97 Å². The lowest BCUT2D eigenvalue weighted by molar-refractivity contribution is -0.138. The molecule has 0 N–H and O–H groups in total. The maximum absolute atomic E-state index is 12.9. The van der Waals surface area contributed by atoms with Crippen LogP contribution in [-0.2, 0) is 4.79 Å². The van der Waals surface area contributed by atoms with E-state index < -0.39 is 23.8 Å². The van der Waals surface area contributed by atoms with Gasteiger partial charge in [-0.15, -0.1) is 0 Å². The highest BCUT2D eigenvalue weighted by Crippen LogP contribution is 2.30. The van der Waals surface area contributed by atoms with E-state index in [9.17, 15) is 14.4 Å². The number of rotatable bonds is 6. The van der Waals surface area contributed by atoms with Gasteiger partial charge in [0, 0.05) is 5.02 Å². The van der Waals surface area contributed by atoms with Gasteiger partial charge in [0.1, 0.15) is 11.8 Å². The Balaban J connectivity index is 1.89. The molecule has 2 aromatic carbocycles. The second-order valence-electron chi connectivity index (χ2n) is 5.82. The van der Waals surface area contributed by atoms with E-state index >= 15 is 0 Å². The lowest BCUT2D eigenvalue weighted by Crippen LogP contribution is -2.47. The number of hydrogen-bond donors (Lipinski definition) is 0. The Bertz CT molecular complexity index is 885. The molecule has 1 heterocycles. The average molecular weight is 469 g/mol. The SMILES string of the molecule is CSCCC(C(=O)Oc1ccc(Cl)cc1Br)N1C(=O)c2ccccc2C1=O. The maximum Gasteiger partial charge on any atom is 0.334 e. The lowest BCUT2D eigenvalue weighted by atomic mass is 10.1. The van der Waals surface area contributed by atoms with E-state index in [1.165, 1.54) is 11.8 Å². The van der Waals surface area contributed by atoms with Crippen LogP contribution in [0.25, 0.3) is 0 Å². The van der Waals surface area contributed by atoms with Crippen molar-refractivity contribution in [3.63, 3.8) is 0 Å². The van der Waals surface area contributed by atoms with Crippen molar-refractivity contribution in [3.05, 3.63) is 63.1 Å². The summed E-state index contributed by atoms with van der Waals surface area (Å²) < 4.78 is 5.98. The van der Waals surface area contributed by atoms with Gasteiger partial charge in [0.15, 0.2) is 0 Å². The molecule has 1 atom stereocenters. The average Bonchev–Trinajstić information content (AvgIpc) is 2.90. The number of thioether (sulfide) groups is 1. The molecule has 0 fully saturated rings. The van der Waals surface area contributed by atoms with Gasteiger partial charge in [0.25, 0.3) is 11.8 Å². The first-order chi connectivity index (χ1) is 12.9. The van der Waals surface area contributed by atoms with Crippen molar-refractivity contribution in [2.24, 2.45) is 0 Å². The summed E-state index contributed by atoms with van der Waals surface area (Å²) >= 11 is 10.7. The Labute approximate surface area is 174 Å². The zero-order valence-corrected chi connectivity index (χ0v) is 17.4. The summed E-state index contributed by atoms with van der Waals surface area (Å²) in [6.07, 6.45) is 2.19. The van der Waals surface area contributed by atoms with Gasteiger partial charge in [0.2, 0.25) is 0 Å². The highest BCUT2D eigenvalue weighted by Gasteiger charge is 2.43. The molecular formula is C19H15BrClNO4S. The summed E-state index contributed by atoms with van der Waals surface area (Å²) in [7, 11) is 0. The Hall–Kier alpha value is -1.83. The predicted molar refractivity (Wildman–Crippen MR) is 109 cm³/mol. The van der Waals surface area contributed by atoms with Crippen LogP contribution < -0.4 is 4.74 Å². The fourth-order valence-electron chi connectivity index (χ4n) is 2.81. The van der Waals surface area contributed by atoms with Crippen LogP contribution in [0.2, 0.25) is 5.02 Å². The molecule has 0 aromatic heterocycles. The smallest absolute Gasteiger partial charge is 0.334 e. The highest BCUT2D eigenvalue weighted by molar-refractivity contribution is 9.10. The number of ether oxygens (including phenoxy) is 1. The summed E-state index contributed by atoms with van der Waals surface area (Å²) in [5.74, 6) is -0.756. The quantitative estimate of drug-likeness (QED) is 0.357. The second-order valence-corrected chi connectivity index (χ2v) is 8.10. The van der Waals surface area contributed by atoms with Gasteiger partial charge in [0.05, 0.1) is 15.6 Å². The summed E-state index contributed by atoms with van der Waals surface area (Å²) in [4.78, 5) is 39.3. The number of amides is 2. The van der Waals surface area contributed by atoms with Crippen LogP contribution in [-0.4, -0.2) is 40.7 Å². The largest absolute Gasteiger partial charge is 0.424 e. The number of benzene rings is 2. The van der Waals surface area contributed by atoms with E-state index in [-0.39, 0.29) is 5.75 Å². The van der Waals surface area contributed by atoms with Crippen molar-refractivity contribution in [3.8, 4) is 5.75 Å². The molecule has 0 saturated heterocycles. The Morgan fingerprint density at radius 2 is 1.81 bits per heavy atom. The molecule has 1 aliphatic heterocycles. The molecule has 0 spiro atoms. The van der Waals surface area contributed by atoms with Gasteiger partial charge in [-0.05, 0) is 64.7 Å². The molecule has 5 nitrogen and oxygen atoms in total. The molecule has 1 aliphatic rings. The van der Waals surface area contributed by atoms with Crippen LogP contribution in [0, 0.1) is 0 Å². The van der Waals surface area contributed by atoms with Crippen molar-refractivity contribution in [1.82, 2.24) is 4.90 Å². The molecular weight excluding hydrogens is 454 g/mol. The zero-order valence-electron chi connectivity index (χ0n) is 14.3. The summed E-state index contributed by atoms with van der Waals surface area (Å²) in [6.45, 7) is 0. The van der Waals surface area contributed by atoms with E-state index in [0.717, 1.165) is 4.90 Å². The Morgan fingerprint density at radius 3 is 2.37 bits per heavy atom. The highest BCUT2D eigenvalue weighted by atomic mass is 79.9. The van der Waals surface area contributed by atoms with Crippen molar-refractivity contribution in [1.29, 1.82) is 0 Å². The molecule has 27 heavy (non-hydrogen) atoms. The van der Waals surface area contributed by atoms with E-state index in [4.69, 9.17) is 16.3 Å². The third-order valence-electron chi connectivity index (χ3n) is 4.11. The summed E-state index contributed by atoms with van der Waals surface area (Å²) in [5.41, 5.74) is 0.606. The first-order valence-electron chi connectivity index (χ1n) is 8.06. The second kappa shape index (κ2) is 8.46. The van der Waals surface area contributed by atoms with E-state index in [1.54, 1.807) is 42.5 Å². The van der Waals surface area contributed by atoms with Crippen LogP contribution in [0.5, 0.6) is 5.75 Å². The standard InChI is InChI=1S/C19H15BrClNO4S/c1-27-9-8-15(19(25)26-16-7-6-11(21)10-14(16)20)22-17(23)12-4-2-3-5-13(12)18(22)24/h2-7,10,15H,8-9H2,1H3. The Kier molecular flexibility index (Phi) is 6.24. The molecule has 2 aromatic rings. The van der Waals surface area contributed by atoms with E-state index in [1.807, 2.05) is 6.26 Å². The van der Waals surface area contributed by atoms with Gasteiger partial charge in [-0.3, -0.25) is 14.5 Å². The number of carbonyl (C=O) groups excluding carboxylic acids is 3. The minimum absolute atomic E-state index is 0.273. The van der Waals surface area contributed by atoms with Crippen molar-refractivity contribution in [2.75, 3.05) is 12.0 Å². The molecule has 0 saturated carbocycles. The first-order valence-corrected chi connectivity index (χ1v) is 10.6. The van der Waals surface area contributed by atoms with Crippen molar-refractivity contribution >= 4 is 57.1 Å². The third-order valence-corrected chi connectivity index (χ3v) is 5.61.